The summed E-state index contributed by atoms with van der Waals surface area (Å²) in [6.45, 7) is 0. The zero-order valence-electron chi connectivity index (χ0n) is 9.85. The van der Waals surface area contributed by atoms with Crippen LogP contribution in [-0.4, -0.2) is 24.0 Å². The van der Waals surface area contributed by atoms with Crippen molar-refractivity contribution in [3.05, 3.63) is 28.5 Å². The topological polar surface area (TPSA) is 3.24 Å². The lowest BCUT2D eigenvalue weighted by Crippen LogP contribution is -2.34. The zero-order chi connectivity index (χ0) is 11.4. The van der Waals surface area contributed by atoms with Gasteiger partial charge in [-0.3, -0.25) is 4.90 Å². The van der Waals surface area contributed by atoms with E-state index in [1.807, 2.05) is 22.7 Å². The molecule has 1 saturated heterocycles. The number of likely N-dealkylation sites (N-methyl/N-ethyl adjacent to an activating group) is 1. The van der Waals surface area contributed by atoms with Crippen LogP contribution in [0.1, 0.15) is 24.1 Å². The van der Waals surface area contributed by atoms with E-state index in [0.29, 0.717) is 6.04 Å². The number of rotatable bonds is 1. The maximum atomic E-state index is 2.56. The molecule has 2 aliphatic heterocycles. The molecule has 0 spiro atoms. The molecule has 88 valence electrons. The second-order valence-electron chi connectivity index (χ2n) is 5.12. The average molecular weight is 261 g/mol. The Labute approximate surface area is 109 Å². The first-order chi connectivity index (χ1) is 8.31. The van der Waals surface area contributed by atoms with Crippen molar-refractivity contribution in [1.82, 2.24) is 4.90 Å². The van der Waals surface area contributed by atoms with Crippen LogP contribution in [0.15, 0.2) is 23.6 Å². The van der Waals surface area contributed by atoms with Gasteiger partial charge in [0.05, 0.1) is 0 Å². The molecule has 1 fully saturated rings. The molecule has 4 rings (SSSR count). The Morgan fingerprint density at radius 1 is 1.29 bits per heavy atom. The van der Waals surface area contributed by atoms with Gasteiger partial charge < -0.3 is 0 Å². The summed E-state index contributed by atoms with van der Waals surface area (Å²) >= 11 is 3.83. The van der Waals surface area contributed by atoms with Crippen molar-refractivity contribution in [1.29, 1.82) is 0 Å². The van der Waals surface area contributed by atoms with Crippen LogP contribution in [0.4, 0.5) is 0 Å². The molecule has 0 aromatic carbocycles. The van der Waals surface area contributed by atoms with Crippen LogP contribution >= 0.6 is 22.7 Å². The molecule has 2 aromatic heterocycles. The maximum Gasteiger partial charge on any atom is 0.0457 e. The van der Waals surface area contributed by atoms with E-state index in [2.05, 4.69) is 35.5 Å². The smallest absolute Gasteiger partial charge is 0.0457 e. The predicted molar refractivity (Wildman–Crippen MR) is 76.9 cm³/mol. The molecule has 0 saturated carbocycles. The van der Waals surface area contributed by atoms with Gasteiger partial charge in [-0.25, -0.2) is 0 Å². The van der Waals surface area contributed by atoms with Crippen molar-refractivity contribution in [2.24, 2.45) is 0 Å². The van der Waals surface area contributed by atoms with Gasteiger partial charge in [0.15, 0.2) is 0 Å². The minimum atomic E-state index is 0.698. The highest BCUT2D eigenvalue weighted by Crippen LogP contribution is 2.41. The Morgan fingerprint density at radius 2 is 2.24 bits per heavy atom. The third-order valence-corrected chi connectivity index (χ3v) is 6.37. The largest absolute Gasteiger partial charge is 0.297 e. The zero-order valence-corrected chi connectivity index (χ0v) is 11.5. The van der Waals surface area contributed by atoms with E-state index in [-0.39, 0.29) is 0 Å². The summed E-state index contributed by atoms with van der Waals surface area (Å²) < 4.78 is 2.91. The van der Waals surface area contributed by atoms with Crippen molar-refractivity contribution >= 4 is 37.6 Å². The van der Waals surface area contributed by atoms with E-state index in [4.69, 9.17) is 0 Å². The summed E-state index contributed by atoms with van der Waals surface area (Å²) in [5.74, 6) is 0. The SMILES string of the molecule is CN1C2C=C(c3cc4sccc4s3)CC1CC2. The molecule has 17 heavy (non-hydrogen) atoms. The van der Waals surface area contributed by atoms with Crippen molar-refractivity contribution in [2.45, 2.75) is 31.3 Å². The lowest BCUT2D eigenvalue weighted by Gasteiger charge is -2.29. The van der Waals surface area contributed by atoms with Gasteiger partial charge in [-0.1, -0.05) is 6.08 Å². The first-order valence-corrected chi connectivity index (χ1v) is 7.91. The van der Waals surface area contributed by atoms with Gasteiger partial charge in [0.25, 0.3) is 0 Å². The van der Waals surface area contributed by atoms with E-state index >= 15 is 0 Å². The summed E-state index contributed by atoms with van der Waals surface area (Å²) in [6, 6.07) is 6.13. The summed E-state index contributed by atoms with van der Waals surface area (Å²) in [7, 11) is 2.28. The van der Waals surface area contributed by atoms with Gasteiger partial charge in [0.1, 0.15) is 0 Å². The molecule has 0 N–H and O–H groups in total. The monoisotopic (exact) mass is 261 g/mol. The van der Waals surface area contributed by atoms with Crippen LogP contribution in [-0.2, 0) is 0 Å². The summed E-state index contributed by atoms with van der Waals surface area (Å²) in [5.41, 5.74) is 1.60. The molecular formula is C14H15NS2. The van der Waals surface area contributed by atoms with Crippen LogP contribution in [0.5, 0.6) is 0 Å². The molecule has 0 amide bonds. The fourth-order valence-corrected chi connectivity index (χ4v) is 5.29. The fourth-order valence-electron chi connectivity index (χ4n) is 3.15. The van der Waals surface area contributed by atoms with Gasteiger partial charge in [-0.15, -0.1) is 22.7 Å². The molecule has 2 atom stereocenters. The Hall–Kier alpha value is -0.640. The molecule has 0 aliphatic carbocycles. The van der Waals surface area contributed by atoms with Crippen molar-refractivity contribution < 1.29 is 0 Å². The van der Waals surface area contributed by atoms with Crippen molar-refractivity contribution in [3.63, 3.8) is 0 Å². The molecule has 3 heteroatoms. The Balaban J connectivity index is 1.76. The van der Waals surface area contributed by atoms with E-state index in [1.54, 1.807) is 5.57 Å². The maximum absolute atomic E-state index is 2.56. The number of thiophene rings is 2. The van der Waals surface area contributed by atoms with E-state index in [0.717, 1.165) is 6.04 Å². The van der Waals surface area contributed by atoms with Crippen LogP contribution in [0.25, 0.3) is 15.0 Å². The number of nitrogens with zero attached hydrogens (tertiary/aromatic N) is 1. The first-order valence-electron chi connectivity index (χ1n) is 6.21. The highest BCUT2D eigenvalue weighted by Gasteiger charge is 2.34. The standard InChI is InChI=1S/C14H15NS2/c1-15-10-2-3-11(15)7-9(6-10)13-8-14-12(17-13)4-5-16-14/h4-6,8,10-11H,2-3,7H2,1H3. The highest BCUT2D eigenvalue weighted by atomic mass is 32.1. The average Bonchev–Trinajstić information content (AvgIpc) is 2.92. The summed E-state index contributed by atoms with van der Waals surface area (Å²) in [5, 5.41) is 2.19. The van der Waals surface area contributed by atoms with Gasteiger partial charge in [-0.2, -0.15) is 0 Å². The molecule has 2 bridgehead atoms. The van der Waals surface area contributed by atoms with Gasteiger partial charge >= 0.3 is 0 Å². The van der Waals surface area contributed by atoms with Crippen molar-refractivity contribution in [2.75, 3.05) is 7.05 Å². The normalized spacial score (nSPS) is 28.9. The summed E-state index contributed by atoms with van der Waals surface area (Å²) in [4.78, 5) is 4.07. The second-order valence-corrected chi connectivity index (χ2v) is 7.15. The quantitative estimate of drug-likeness (QED) is 0.743. The van der Waals surface area contributed by atoms with Crippen LogP contribution in [0.2, 0.25) is 0 Å². The third kappa shape index (κ3) is 1.53. The first kappa shape index (κ1) is 10.3. The Bertz CT molecular complexity index is 564. The molecular weight excluding hydrogens is 246 g/mol. The van der Waals surface area contributed by atoms with E-state index < -0.39 is 0 Å². The van der Waals surface area contributed by atoms with Crippen LogP contribution in [0.3, 0.4) is 0 Å². The van der Waals surface area contributed by atoms with Gasteiger partial charge in [0.2, 0.25) is 0 Å². The molecule has 2 aliphatic rings. The van der Waals surface area contributed by atoms with Gasteiger partial charge in [0, 0.05) is 26.4 Å². The lowest BCUT2D eigenvalue weighted by atomic mass is 10.0. The third-order valence-electron chi connectivity index (χ3n) is 4.20. The number of fused-ring (bicyclic) bond motifs is 3. The van der Waals surface area contributed by atoms with Gasteiger partial charge in [-0.05, 0) is 49.4 Å². The Kier molecular flexibility index (Phi) is 2.23. The highest BCUT2D eigenvalue weighted by molar-refractivity contribution is 7.27. The minimum absolute atomic E-state index is 0.698. The van der Waals surface area contributed by atoms with Crippen LogP contribution in [0, 0.1) is 0 Å². The summed E-state index contributed by atoms with van der Waals surface area (Å²) in [6.07, 6.45) is 6.49. The number of hydrogen-bond acceptors (Lipinski definition) is 3. The van der Waals surface area contributed by atoms with Crippen molar-refractivity contribution in [3.8, 4) is 0 Å². The Morgan fingerprint density at radius 3 is 3.06 bits per heavy atom. The number of hydrogen-bond donors (Lipinski definition) is 0. The minimum Gasteiger partial charge on any atom is -0.297 e. The second kappa shape index (κ2) is 3.67. The van der Waals surface area contributed by atoms with E-state index in [1.165, 1.54) is 33.5 Å². The van der Waals surface area contributed by atoms with E-state index in [9.17, 15) is 0 Å². The lowest BCUT2D eigenvalue weighted by molar-refractivity contribution is 0.264. The fraction of sp³-hybridized carbons (Fsp3) is 0.429. The van der Waals surface area contributed by atoms with Crippen LogP contribution < -0.4 is 0 Å². The molecule has 1 nitrogen and oxygen atoms in total. The molecule has 2 unspecified atom stereocenters. The molecule has 2 aromatic rings. The molecule has 4 heterocycles. The molecule has 0 radical (unpaired) electrons. The predicted octanol–water partition coefficient (Wildman–Crippen LogP) is 4.21.